The van der Waals surface area contributed by atoms with Crippen LogP contribution in [-0.2, 0) is 16.1 Å². The average Bonchev–Trinajstić information content (AvgIpc) is 2.53. The van der Waals surface area contributed by atoms with Gasteiger partial charge in [-0.3, -0.25) is 0 Å². The Kier molecular flexibility index (Phi) is 5.16. The van der Waals surface area contributed by atoms with Crippen molar-refractivity contribution in [3.63, 3.8) is 0 Å². The molecular weight excluding hydrogens is 278 g/mol. The first-order valence-corrected chi connectivity index (χ1v) is 6.97. The lowest BCUT2D eigenvalue weighted by atomic mass is 10.1. The zero-order valence-corrected chi connectivity index (χ0v) is 12.6. The molecule has 0 amide bonds. The van der Waals surface area contributed by atoms with Crippen molar-refractivity contribution in [3.05, 3.63) is 65.2 Å². The number of rotatable bonds is 5. The molecule has 0 N–H and O–H groups in total. The van der Waals surface area contributed by atoms with E-state index in [1.165, 1.54) is 0 Å². The molecule has 0 heterocycles. The highest BCUT2D eigenvalue weighted by molar-refractivity contribution is 5.74. The molecule has 0 saturated carbocycles. The standard InChI is InChI=1S/C18H17NO3/c1-13-4-3-5-16(10-13)12-21-18(20)14(2)22-17-8-6-15(11-19)7-9-17/h3-10,14H,12H2,1-2H3/t14-/m1/s1. The van der Waals surface area contributed by atoms with Gasteiger partial charge in [0, 0.05) is 0 Å². The monoisotopic (exact) mass is 295 g/mol. The van der Waals surface area contributed by atoms with E-state index in [2.05, 4.69) is 0 Å². The number of ether oxygens (including phenoxy) is 2. The van der Waals surface area contributed by atoms with Crippen molar-refractivity contribution < 1.29 is 14.3 Å². The molecule has 2 aromatic rings. The van der Waals surface area contributed by atoms with E-state index in [1.807, 2.05) is 37.3 Å². The minimum atomic E-state index is -0.710. The Morgan fingerprint density at radius 3 is 2.59 bits per heavy atom. The molecule has 0 bridgehead atoms. The predicted octanol–water partition coefficient (Wildman–Crippen LogP) is 3.38. The zero-order chi connectivity index (χ0) is 15.9. The van der Waals surface area contributed by atoms with Crippen molar-refractivity contribution in [2.24, 2.45) is 0 Å². The first kappa shape index (κ1) is 15.6. The summed E-state index contributed by atoms with van der Waals surface area (Å²) in [5.74, 6) is 0.102. The molecule has 4 nitrogen and oxygen atoms in total. The van der Waals surface area contributed by atoms with Crippen LogP contribution in [0.5, 0.6) is 5.75 Å². The molecule has 112 valence electrons. The Morgan fingerprint density at radius 2 is 1.95 bits per heavy atom. The van der Waals surface area contributed by atoms with Crippen LogP contribution in [0.25, 0.3) is 0 Å². The summed E-state index contributed by atoms with van der Waals surface area (Å²) >= 11 is 0. The molecule has 0 radical (unpaired) electrons. The van der Waals surface area contributed by atoms with Crippen LogP contribution >= 0.6 is 0 Å². The number of nitrogens with zero attached hydrogens (tertiary/aromatic N) is 1. The summed E-state index contributed by atoms with van der Waals surface area (Å²) in [5, 5.41) is 8.73. The van der Waals surface area contributed by atoms with E-state index in [-0.39, 0.29) is 6.61 Å². The summed E-state index contributed by atoms with van der Waals surface area (Å²) in [6, 6.07) is 16.4. The van der Waals surface area contributed by atoms with E-state index in [0.717, 1.165) is 11.1 Å². The average molecular weight is 295 g/mol. The third kappa shape index (κ3) is 4.35. The van der Waals surface area contributed by atoms with Gasteiger partial charge in [0.25, 0.3) is 0 Å². The van der Waals surface area contributed by atoms with Gasteiger partial charge in [0.1, 0.15) is 12.4 Å². The summed E-state index contributed by atoms with van der Waals surface area (Å²) in [6.07, 6.45) is -0.710. The first-order valence-electron chi connectivity index (χ1n) is 6.97. The molecule has 0 aliphatic rings. The van der Waals surface area contributed by atoms with Crippen molar-refractivity contribution in [1.29, 1.82) is 5.26 Å². The largest absolute Gasteiger partial charge is 0.479 e. The first-order chi connectivity index (χ1) is 10.6. The van der Waals surface area contributed by atoms with Crippen molar-refractivity contribution in [3.8, 4) is 11.8 Å². The fraction of sp³-hybridized carbons (Fsp3) is 0.222. The molecular formula is C18H17NO3. The highest BCUT2D eigenvalue weighted by Crippen LogP contribution is 2.14. The van der Waals surface area contributed by atoms with Crippen molar-refractivity contribution in [2.45, 2.75) is 26.6 Å². The molecule has 22 heavy (non-hydrogen) atoms. The normalized spacial score (nSPS) is 11.3. The van der Waals surface area contributed by atoms with Gasteiger partial charge in [-0.05, 0) is 43.7 Å². The summed E-state index contributed by atoms with van der Waals surface area (Å²) in [5.41, 5.74) is 2.61. The second kappa shape index (κ2) is 7.28. The molecule has 0 aromatic heterocycles. The Labute approximate surface area is 129 Å². The Hall–Kier alpha value is -2.80. The summed E-state index contributed by atoms with van der Waals surface area (Å²) in [7, 11) is 0. The summed E-state index contributed by atoms with van der Waals surface area (Å²) in [4.78, 5) is 11.9. The molecule has 0 spiro atoms. The van der Waals surface area contributed by atoms with E-state index < -0.39 is 12.1 Å². The van der Waals surface area contributed by atoms with E-state index >= 15 is 0 Å². The van der Waals surface area contributed by atoms with E-state index in [0.29, 0.717) is 11.3 Å². The quantitative estimate of drug-likeness (QED) is 0.793. The highest BCUT2D eigenvalue weighted by Gasteiger charge is 2.16. The minimum Gasteiger partial charge on any atom is -0.479 e. The van der Waals surface area contributed by atoms with Gasteiger partial charge in [0.2, 0.25) is 0 Å². The highest BCUT2D eigenvalue weighted by atomic mass is 16.6. The zero-order valence-electron chi connectivity index (χ0n) is 12.6. The minimum absolute atomic E-state index is 0.224. The Morgan fingerprint density at radius 1 is 1.23 bits per heavy atom. The van der Waals surface area contributed by atoms with E-state index in [4.69, 9.17) is 14.7 Å². The van der Waals surface area contributed by atoms with Gasteiger partial charge in [-0.2, -0.15) is 5.26 Å². The SMILES string of the molecule is Cc1cccc(COC(=O)[C@@H](C)Oc2ccc(C#N)cc2)c1. The van der Waals surface area contributed by atoms with Crippen molar-refractivity contribution in [2.75, 3.05) is 0 Å². The molecule has 2 aromatic carbocycles. The lowest BCUT2D eigenvalue weighted by Crippen LogP contribution is -2.26. The number of carbonyl (C=O) groups excluding carboxylic acids is 1. The van der Waals surface area contributed by atoms with Crippen LogP contribution in [0, 0.1) is 18.3 Å². The second-order valence-electron chi connectivity index (χ2n) is 4.99. The Bertz CT molecular complexity index is 686. The molecule has 4 heteroatoms. The maximum absolute atomic E-state index is 11.9. The number of hydrogen-bond donors (Lipinski definition) is 0. The molecule has 1 atom stereocenters. The molecule has 0 unspecified atom stereocenters. The third-order valence-electron chi connectivity index (χ3n) is 3.09. The van der Waals surface area contributed by atoms with Crippen LogP contribution in [0.1, 0.15) is 23.6 Å². The summed E-state index contributed by atoms with van der Waals surface area (Å²) in [6.45, 7) is 3.85. The van der Waals surface area contributed by atoms with Gasteiger partial charge in [-0.15, -0.1) is 0 Å². The van der Waals surface area contributed by atoms with Crippen LogP contribution in [0.4, 0.5) is 0 Å². The Balaban J connectivity index is 1.87. The van der Waals surface area contributed by atoms with E-state index in [1.54, 1.807) is 31.2 Å². The van der Waals surface area contributed by atoms with E-state index in [9.17, 15) is 4.79 Å². The number of nitriles is 1. The lowest BCUT2D eigenvalue weighted by Gasteiger charge is -2.14. The van der Waals surface area contributed by atoms with Crippen molar-refractivity contribution >= 4 is 5.97 Å². The van der Waals surface area contributed by atoms with Gasteiger partial charge in [-0.1, -0.05) is 29.8 Å². The van der Waals surface area contributed by atoms with Crippen LogP contribution in [0.2, 0.25) is 0 Å². The number of esters is 1. The van der Waals surface area contributed by atoms with Gasteiger partial charge >= 0.3 is 5.97 Å². The van der Waals surface area contributed by atoms with Crippen LogP contribution < -0.4 is 4.74 Å². The van der Waals surface area contributed by atoms with Gasteiger partial charge < -0.3 is 9.47 Å². The predicted molar refractivity (Wildman–Crippen MR) is 82.2 cm³/mol. The smallest absolute Gasteiger partial charge is 0.347 e. The third-order valence-corrected chi connectivity index (χ3v) is 3.09. The number of aryl methyl sites for hydroxylation is 1. The summed E-state index contributed by atoms with van der Waals surface area (Å²) < 4.78 is 10.7. The van der Waals surface area contributed by atoms with Crippen molar-refractivity contribution in [1.82, 2.24) is 0 Å². The van der Waals surface area contributed by atoms with Crippen LogP contribution in [0.15, 0.2) is 48.5 Å². The number of hydrogen-bond acceptors (Lipinski definition) is 4. The number of carbonyl (C=O) groups is 1. The lowest BCUT2D eigenvalue weighted by molar-refractivity contribution is -0.152. The fourth-order valence-electron chi connectivity index (χ4n) is 1.93. The maximum Gasteiger partial charge on any atom is 0.347 e. The molecule has 0 saturated heterocycles. The molecule has 0 aliphatic carbocycles. The fourth-order valence-corrected chi connectivity index (χ4v) is 1.93. The molecule has 0 fully saturated rings. The topological polar surface area (TPSA) is 59.3 Å². The second-order valence-corrected chi connectivity index (χ2v) is 4.99. The van der Waals surface area contributed by atoms with Crippen LogP contribution in [-0.4, -0.2) is 12.1 Å². The van der Waals surface area contributed by atoms with Gasteiger partial charge in [0.05, 0.1) is 11.6 Å². The molecule has 2 rings (SSSR count). The number of benzene rings is 2. The van der Waals surface area contributed by atoms with Gasteiger partial charge in [-0.25, -0.2) is 4.79 Å². The maximum atomic E-state index is 11.9. The van der Waals surface area contributed by atoms with Gasteiger partial charge in [0.15, 0.2) is 6.10 Å². The molecule has 0 aliphatic heterocycles. The van der Waals surface area contributed by atoms with Crippen LogP contribution in [0.3, 0.4) is 0 Å².